The van der Waals surface area contributed by atoms with Gasteiger partial charge in [-0.15, -0.1) is 13.2 Å². The first-order valence-electron chi connectivity index (χ1n) is 8.77. The summed E-state index contributed by atoms with van der Waals surface area (Å²) in [6.07, 6.45) is -1.09. The highest BCUT2D eigenvalue weighted by molar-refractivity contribution is 5.77. The Morgan fingerprint density at radius 3 is 2.55 bits per heavy atom. The lowest BCUT2D eigenvalue weighted by atomic mass is 10.1. The van der Waals surface area contributed by atoms with Crippen molar-refractivity contribution >= 4 is 11.0 Å². The van der Waals surface area contributed by atoms with Gasteiger partial charge in [0.15, 0.2) is 18.9 Å². The van der Waals surface area contributed by atoms with Crippen LogP contribution >= 0.6 is 0 Å². The van der Waals surface area contributed by atoms with E-state index >= 15 is 0 Å². The SMILES string of the molecule is Cc1ccc(F)c(-c2nc3cc[n+](Cc4ccc(OC(F)(F)F)cc4)cc3[nH]2)c1. The first-order chi connectivity index (χ1) is 13.8. The molecule has 0 amide bonds. The number of imidazole rings is 1. The third-order valence-electron chi connectivity index (χ3n) is 4.38. The summed E-state index contributed by atoms with van der Waals surface area (Å²) in [6, 6.07) is 12.3. The molecular weight excluding hydrogens is 386 g/mol. The number of aryl methyl sites for hydroxylation is 1. The van der Waals surface area contributed by atoms with Gasteiger partial charge < -0.3 is 9.72 Å². The number of hydrogen-bond donors (Lipinski definition) is 1. The van der Waals surface area contributed by atoms with Gasteiger partial charge in [-0.05, 0) is 43.3 Å². The second-order valence-electron chi connectivity index (χ2n) is 6.68. The Morgan fingerprint density at radius 2 is 1.83 bits per heavy atom. The number of H-pyrrole nitrogens is 1. The number of rotatable bonds is 4. The third kappa shape index (κ3) is 4.37. The molecule has 0 aliphatic carbocycles. The predicted molar refractivity (Wildman–Crippen MR) is 98.6 cm³/mol. The van der Waals surface area contributed by atoms with Crippen molar-refractivity contribution < 1.29 is 26.9 Å². The van der Waals surface area contributed by atoms with Crippen LogP contribution in [0.2, 0.25) is 0 Å². The van der Waals surface area contributed by atoms with Crippen molar-refractivity contribution in [3.8, 4) is 17.1 Å². The highest BCUT2D eigenvalue weighted by Gasteiger charge is 2.31. The minimum atomic E-state index is -4.71. The summed E-state index contributed by atoms with van der Waals surface area (Å²) < 4.78 is 56.6. The number of alkyl halides is 3. The van der Waals surface area contributed by atoms with Crippen LogP contribution < -0.4 is 9.30 Å². The van der Waals surface area contributed by atoms with E-state index < -0.39 is 6.36 Å². The lowest BCUT2D eigenvalue weighted by molar-refractivity contribution is -0.687. The average molecular weight is 402 g/mol. The van der Waals surface area contributed by atoms with E-state index in [4.69, 9.17) is 0 Å². The van der Waals surface area contributed by atoms with Crippen molar-refractivity contribution in [1.82, 2.24) is 9.97 Å². The zero-order valence-electron chi connectivity index (χ0n) is 15.3. The van der Waals surface area contributed by atoms with E-state index in [2.05, 4.69) is 14.7 Å². The van der Waals surface area contributed by atoms with Gasteiger partial charge in [-0.3, -0.25) is 0 Å². The van der Waals surface area contributed by atoms with E-state index in [1.165, 1.54) is 18.2 Å². The van der Waals surface area contributed by atoms with E-state index in [0.717, 1.165) is 16.6 Å². The third-order valence-corrected chi connectivity index (χ3v) is 4.38. The van der Waals surface area contributed by atoms with Gasteiger partial charge >= 0.3 is 6.36 Å². The second kappa shape index (κ2) is 7.20. The van der Waals surface area contributed by atoms with Crippen LogP contribution in [0.15, 0.2) is 60.9 Å². The summed E-state index contributed by atoms with van der Waals surface area (Å²) in [5.41, 5.74) is 3.53. The van der Waals surface area contributed by atoms with Gasteiger partial charge in [0.25, 0.3) is 0 Å². The van der Waals surface area contributed by atoms with Crippen LogP contribution in [-0.4, -0.2) is 16.3 Å². The first kappa shape index (κ1) is 18.9. The van der Waals surface area contributed by atoms with Crippen LogP contribution in [-0.2, 0) is 6.54 Å². The molecule has 0 radical (unpaired) electrons. The number of ether oxygens (including phenoxy) is 1. The molecule has 1 N–H and O–H groups in total. The summed E-state index contributed by atoms with van der Waals surface area (Å²) in [5.74, 6) is -0.184. The Morgan fingerprint density at radius 1 is 1.07 bits per heavy atom. The van der Waals surface area contributed by atoms with Gasteiger partial charge in [-0.25, -0.2) is 9.37 Å². The van der Waals surface area contributed by atoms with E-state index in [-0.39, 0.29) is 11.6 Å². The minimum absolute atomic E-state index is 0.264. The van der Waals surface area contributed by atoms with Crippen LogP contribution in [0.1, 0.15) is 11.1 Å². The van der Waals surface area contributed by atoms with Crippen LogP contribution in [0.25, 0.3) is 22.4 Å². The van der Waals surface area contributed by atoms with Gasteiger partial charge in [-0.1, -0.05) is 11.6 Å². The molecule has 0 saturated carbocycles. The van der Waals surface area contributed by atoms with E-state index in [9.17, 15) is 17.6 Å². The standard InChI is InChI=1S/C21H15F4N3O/c1-13-2-7-17(22)16(10-13)20-26-18-8-9-28(12-19(18)27-20)11-14-3-5-15(6-4-14)29-21(23,24)25/h2-10,12H,11H2,1H3/p+1. The summed E-state index contributed by atoms with van der Waals surface area (Å²) >= 11 is 0. The summed E-state index contributed by atoms with van der Waals surface area (Å²) in [7, 11) is 0. The number of aromatic nitrogens is 3. The Bertz CT molecular complexity index is 1170. The van der Waals surface area contributed by atoms with Crippen molar-refractivity contribution in [2.75, 3.05) is 0 Å². The lowest BCUT2D eigenvalue weighted by Gasteiger charge is -2.08. The maximum Gasteiger partial charge on any atom is 0.573 e. The molecule has 0 atom stereocenters. The quantitative estimate of drug-likeness (QED) is 0.389. The minimum Gasteiger partial charge on any atom is -0.406 e. The van der Waals surface area contributed by atoms with Gasteiger partial charge in [0, 0.05) is 11.6 Å². The topological polar surface area (TPSA) is 41.8 Å². The van der Waals surface area contributed by atoms with Gasteiger partial charge in [0.2, 0.25) is 0 Å². The zero-order chi connectivity index (χ0) is 20.6. The highest BCUT2D eigenvalue weighted by Crippen LogP contribution is 2.24. The molecular formula is C21H16F4N3O+. The maximum atomic E-state index is 14.1. The molecule has 0 aliphatic heterocycles. The smallest absolute Gasteiger partial charge is 0.406 e. The van der Waals surface area contributed by atoms with E-state index in [1.54, 1.807) is 36.5 Å². The fraction of sp³-hybridized carbons (Fsp3) is 0.143. The molecule has 2 aromatic carbocycles. The van der Waals surface area contributed by atoms with Crippen LogP contribution in [0.4, 0.5) is 17.6 Å². The Labute approximate surface area is 163 Å². The molecule has 4 nitrogen and oxygen atoms in total. The average Bonchev–Trinajstić information content (AvgIpc) is 3.07. The molecule has 0 spiro atoms. The number of fused-ring (bicyclic) bond motifs is 1. The second-order valence-corrected chi connectivity index (χ2v) is 6.68. The Balaban J connectivity index is 1.57. The number of nitrogens with zero attached hydrogens (tertiary/aromatic N) is 2. The van der Waals surface area contributed by atoms with Crippen molar-refractivity contribution in [2.45, 2.75) is 19.8 Å². The van der Waals surface area contributed by atoms with E-state index in [0.29, 0.717) is 23.4 Å². The molecule has 2 aromatic heterocycles. The van der Waals surface area contributed by atoms with Crippen LogP contribution in [0.5, 0.6) is 5.75 Å². The fourth-order valence-corrected chi connectivity index (χ4v) is 3.05. The van der Waals surface area contributed by atoms with E-state index in [1.807, 2.05) is 17.7 Å². The molecule has 0 saturated heterocycles. The van der Waals surface area contributed by atoms with Crippen LogP contribution in [0.3, 0.4) is 0 Å². The highest BCUT2D eigenvalue weighted by atomic mass is 19.4. The summed E-state index contributed by atoms with van der Waals surface area (Å²) in [6.45, 7) is 2.32. The largest absolute Gasteiger partial charge is 0.573 e. The Kier molecular flexibility index (Phi) is 4.70. The van der Waals surface area contributed by atoms with Crippen molar-refractivity contribution in [2.24, 2.45) is 0 Å². The van der Waals surface area contributed by atoms with Crippen LogP contribution in [0, 0.1) is 12.7 Å². The monoisotopic (exact) mass is 402 g/mol. The molecule has 4 aromatic rings. The maximum absolute atomic E-state index is 14.1. The molecule has 148 valence electrons. The number of aromatic amines is 1. The number of halogens is 4. The molecule has 0 bridgehead atoms. The van der Waals surface area contributed by atoms with Crippen molar-refractivity contribution in [3.05, 3.63) is 77.9 Å². The fourth-order valence-electron chi connectivity index (χ4n) is 3.05. The van der Waals surface area contributed by atoms with Gasteiger partial charge in [-0.2, -0.15) is 4.57 Å². The number of pyridine rings is 1. The molecule has 4 rings (SSSR count). The number of nitrogens with one attached hydrogen (secondary N) is 1. The van der Waals surface area contributed by atoms with Crippen molar-refractivity contribution in [3.63, 3.8) is 0 Å². The molecule has 8 heteroatoms. The molecule has 0 unspecified atom stereocenters. The molecule has 29 heavy (non-hydrogen) atoms. The normalized spacial score (nSPS) is 11.8. The predicted octanol–water partition coefficient (Wildman–Crippen LogP) is 4.91. The van der Waals surface area contributed by atoms with Gasteiger partial charge in [0.05, 0.1) is 5.56 Å². The number of hydrogen-bond acceptors (Lipinski definition) is 2. The first-order valence-corrected chi connectivity index (χ1v) is 8.77. The molecule has 0 aliphatic rings. The lowest BCUT2D eigenvalue weighted by Crippen LogP contribution is -2.33. The zero-order valence-corrected chi connectivity index (χ0v) is 15.3. The molecule has 0 fully saturated rings. The van der Waals surface area contributed by atoms with Crippen molar-refractivity contribution in [1.29, 1.82) is 0 Å². The summed E-state index contributed by atoms with van der Waals surface area (Å²) in [4.78, 5) is 7.57. The number of benzene rings is 2. The Hall–Kier alpha value is -3.42. The summed E-state index contributed by atoms with van der Waals surface area (Å²) in [5, 5.41) is 0. The molecule has 2 heterocycles. The van der Waals surface area contributed by atoms with Gasteiger partial charge in [0.1, 0.15) is 28.4 Å².